The molecule has 2 N–H and O–H groups in total. The largest absolute Gasteiger partial charge is 0.326 e. The summed E-state index contributed by atoms with van der Waals surface area (Å²) in [6.07, 6.45) is 2.78. The summed E-state index contributed by atoms with van der Waals surface area (Å²) in [7, 11) is 0. The number of anilines is 2. The first-order valence-electron chi connectivity index (χ1n) is 9.66. The van der Waals surface area contributed by atoms with Crippen molar-refractivity contribution in [2.24, 2.45) is 11.8 Å². The molecule has 0 aromatic heterocycles. The van der Waals surface area contributed by atoms with Gasteiger partial charge in [0.25, 0.3) is 0 Å². The zero-order valence-electron chi connectivity index (χ0n) is 16.3. The maximum absolute atomic E-state index is 12.7. The minimum Gasteiger partial charge on any atom is -0.326 e. The summed E-state index contributed by atoms with van der Waals surface area (Å²) in [5.74, 6) is -0.165. The lowest BCUT2D eigenvalue weighted by Crippen LogP contribution is -2.32. The number of carbonyl (C=O) groups excluding carboxylic acids is 2. The summed E-state index contributed by atoms with van der Waals surface area (Å²) >= 11 is 0. The van der Waals surface area contributed by atoms with Crippen molar-refractivity contribution in [1.29, 1.82) is 5.26 Å². The van der Waals surface area contributed by atoms with Crippen molar-refractivity contribution in [3.63, 3.8) is 0 Å². The Labute approximate surface area is 165 Å². The lowest BCUT2D eigenvalue weighted by Gasteiger charge is -2.27. The fourth-order valence-electron chi connectivity index (χ4n) is 3.77. The third-order valence-electron chi connectivity index (χ3n) is 5.46. The molecule has 5 heteroatoms. The van der Waals surface area contributed by atoms with E-state index in [1.165, 1.54) is 0 Å². The van der Waals surface area contributed by atoms with E-state index in [0.717, 1.165) is 16.8 Å². The fraction of sp³-hybridized carbons (Fsp3) is 0.348. The van der Waals surface area contributed by atoms with Gasteiger partial charge in [-0.05, 0) is 68.9 Å². The Balaban J connectivity index is 1.54. The number of rotatable bonds is 4. The second-order valence-corrected chi connectivity index (χ2v) is 7.49. The summed E-state index contributed by atoms with van der Waals surface area (Å²) in [4.78, 5) is 25.2. The Hall–Kier alpha value is -3.13. The Morgan fingerprint density at radius 2 is 1.43 bits per heavy atom. The van der Waals surface area contributed by atoms with Crippen LogP contribution in [0.3, 0.4) is 0 Å². The molecule has 0 spiro atoms. The molecule has 3 rings (SSSR count). The maximum atomic E-state index is 12.7. The van der Waals surface area contributed by atoms with Gasteiger partial charge in [-0.15, -0.1) is 0 Å². The van der Waals surface area contributed by atoms with Gasteiger partial charge in [0.05, 0.1) is 11.6 Å². The predicted octanol–water partition coefficient (Wildman–Crippen LogP) is 4.56. The van der Waals surface area contributed by atoms with Crippen molar-refractivity contribution in [1.82, 2.24) is 0 Å². The monoisotopic (exact) mass is 375 g/mol. The van der Waals surface area contributed by atoms with Gasteiger partial charge in [0, 0.05) is 23.2 Å². The van der Waals surface area contributed by atoms with Gasteiger partial charge >= 0.3 is 0 Å². The first-order valence-corrected chi connectivity index (χ1v) is 9.66. The molecule has 0 unspecified atom stereocenters. The number of carbonyl (C=O) groups is 2. The molecule has 1 fully saturated rings. The fourth-order valence-corrected chi connectivity index (χ4v) is 3.77. The molecule has 0 atom stereocenters. The van der Waals surface area contributed by atoms with Crippen LogP contribution in [0.2, 0.25) is 0 Å². The Morgan fingerprint density at radius 1 is 0.893 bits per heavy atom. The number of para-hydroxylation sites is 1. The molecule has 0 bridgehead atoms. The van der Waals surface area contributed by atoms with Crippen molar-refractivity contribution in [2.75, 3.05) is 10.6 Å². The molecule has 0 radical (unpaired) electrons. The van der Waals surface area contributed by atoms with Crippen LogP contribution >= 0.6 is 0 Å². The van der Waals surface area contributed by atoms with Crippen LogP contribution in [0.4, 0.5) is 11.4 Å². The van der Waals surface area contributed by atoms with E-state index in [-0.39, 0.29) is 23.7 Å². The van der Waals surface area contributed by atoms with Crippen LogP contribution < -0.4 is 10.6 Å². The number of nitrogens with zero attached hydrogens (tertiary/aromatic N) is 1. The average Bonchev–Trinajstić information content (AvgIpc) is 2.71. The molecule has 28 heavy (non-hydrogen) atoms. The van der Waals surface area contributed by atoms with E-state index in [2.05, 4.69) is 16.7 Å². The summed E-state index contributed by atoms with van der Waals surface area (Å²) in [5, 5.41) is 14.9. The van der Waals surface area contributed by atoms with Crippen LogP contribution in [0.5, 0.6) is 0 Å². The first kappa shape index (κ1) is 19.6. The quantitative estimate of drug-likeness (QED) is 0.822. The number of amides is 2. The predicted molar refractivity (Wildman–Crippen MR) is 110 cm³/mol. The van der Waals surface area contributed by atoms with E-state index in [9.17, 15) is 9.59 Å². The van der Waals surface area contributed by atoms with Gasteiger partial charge in [0.1, 0.15) is 0 Å². The van der Waals surface area contributed by atoms with Crippen LogP contribution in [0.15, 0.2) is 42.5 Å². The van der Waals surface area contributed by atoms with Gasteiger partial charge in [-0.1, -0.05) is 24.3 Å². The molecular formula is C23H25N3O2. The zero-order valence-corrected chi connectivity index (χ0v) is 16.3. The molecule has 5 nitrogen and oxygen atoms in total. The summed E-state index contributed by atoms with van der Waals surface area (Å²) in [6, 6.07) is 14.9. The molecule has 1 aliphatic carbocycles. The number of nitrogens with one attached hydrogen (secondary N) is 2. The van der Waals surface area contributed by atoms with E-state index >= 15 is 0 Å². The summed E-state index contributed by atoms with van der Waals surface area (Å²) in [6.45, 7) is 3.98. The maximum Gasteiger partial charge on any atom is 0.227 e. The van der Waals surface area contributed by atoms with Crippen molar-refractivity contribution >= 4 is 23.2 Å². The molecule has 2 aromatic rings. The van der Waals surface area contributed by atoms with Crippen molar-refractivity contribution in [2.45, 2.75) is 39.5 Å². The molecule has 0 aliphatic heterocycles. The van der Waals surface area contributed by atoms with E-state index in [1.807, 2.05) is 32.0 Å². The molecule has 0 saturated heterocycles. The average molecular weight is 375 g/mol. The smallest absolute Gasteiger partial charge is 0.227 e. The van der Waals surface area contributed by atoms with E-state index in [0.29, 0.717) is 36.9 Å². The van der Waals surface area contributed by atoms with E-state index in [4.69, 9.17) is 5.26 Å². The van der Waals surface area contributed by atoms with Gasteiger partial charge in [0.2, 0.25) is 11.8 Å². The van der Waals surface area contributed by atoms with Gasteiger partial charge < -0.3 is 10.6 Å². The molecular weight excluding hydrogens is 350 g/mol. The highest BCUT2D eigenvalue weighted by Gasteiger charge is 2.30. The third kappa shape index (κ3) is 4.58. The Morgan fingerprint density at radius 3 is 2.00 bits per heavy atom. The standard InChI is InChI=1S/C23H25N3O2/c1-15-5-3-6-16(2)21(15)26-23(28)19-11-9-18(10-12-19)22(27)25-20-8-4-7-17(13-20)14-24/h3-8,13,18-19H,9-12H2,1-2H3,(H,25,27)(H,26,28). The number of benzene rings is 2. The number of hydrogen-bond donors (Lipinski definition) is 2. The molecule has 1 saturated carbocycles. The van der Waals surface area contributed by atoms with E-state index in [1.54, 1.807) is 24.3 Å². The minimum absolute atomic E-state index is 0.0382. The number of hydrogen-bond acceptors (Lipinski definition) is 3. The van der Waals surface area contributed by atoms with Crippen molar-refractivity contribution in [3.8, 4) is 6.07 Å². The minimum atomic E-state index is -0.102. The summed E-state index contributed by atoms with van der Waals surface area (Å²) < 4.78 is 0. The normalized spacial score (nSPS) is 18.8. The van der Waals surface area contributed by atoms with Gasteiger partial charge in [-0.3, -0.25) is 9.59 Å². The lowest BCUT2D eigenvalue weighted by atomic mass is 9.81. The second-order valence-electron chi connectivity index (χ2n) is 7.49. The molecule has 2 amide bonds. The Kier molecular flexibility index (Phi) is 6.10. The van der Waals surface area contributed by atoms with Crippen LogP contribution in [-0.2, 0) is 9.59 Å². The van der Waals surface area contributed by atoms with Gasteiger partial charge in [-0.2, -0.15) is 5.26 Å². The highest BCUT2D eigenvalue weighted by atomic mass is 16.2. The van der Waals surface area contributed by atoms with Gasteiger partial charge in [-0.25, -0.2) is 0 Å². The van der Waals surface area contributed by atoms with Crippen LogP contribution in [0.1, 0.15) is 42.4 Å². The highest BCUT2D eigenvalue weighted by molar-refractivity contribution is 5.95. The first-order chi connectivity index (χ1) is 13.5. The number of aryl methyl sites for hydroxylation is 2. The number of nitriles is 1. The molecule has 1 aliphatic rings. The zero-order chi connectivity index (χ0) is 20.1. The van der Waals surface area contributed by atoms with Gasteiger partial charge in [0.15, 0.2) is 0 Å². The molecule has 144 valence electrons. The van der Waals surface area contributed by atoms with Crippen molar-refractivity contribution in [3.05, 3.63) is 59.2 Å². The summed E-state index contributed by atoms with van der Waals surface area (Å²) in [5.41, 5.74) is 4.16. The highest BCUT2D eigenvalue weighted by Crippen LogP contribution is 2.31. The third-order valence-corrected chi connectivity index (χ3v) is 5.46. The van der Waals surface area contributed by atoms with Crippen LogP contribution in [0.25, 0.3) is 0 Å². The second kappa shape index (κ2) is 8.71. The van der Waals surface area contributed by atoms with Crippen LogP contribution in [0, 0.1) is 37.0 Å². The molecule has 0 heterocycles. The Bertz CT molecular complexity index is 901. The van der Waals surface area contributed by atoms with Crippen molar-refractivity contribution < 1.29 is 9.59 Å². The lowest BCUT2D eigenvalue weighted by molar-refractivity contribution is -0.125. The SMILES string of the molecule is Cc1cccc(C)c1NC(=O)C1CCC(C(=O)Nc2cccc(C#N)c2)CC1. The van der Waals surface area contributed by atoms with E-state index < -0.39 is 0 Å². The molecule has 2 aromatic carbocycles. The van der Waals surface area contributed by atoms with Crippen LogP contribution in [-0.4, -0.2) is 11.8 Å². The topological polar surface area (TPSA) is 82.0 Å².